The molecule has 1 aromatic carbocycles. The van der Waals surface area contributed by atoms with E-state index in [0.717, 1.165) is 11.0 Å². The van der Waals surface area contributed by atoms with Crippen molar-refractivity contribution in [3.05, 3.63) is 33.1 Å². The summed E-state index contributed by atoms with van der Waals surface area (Å²) in [6.07, 6.45) is -0.832. The Morgan fingerprint density at radius 3 is 2.68 bits per heavy atom. The number of nitrogens with zero attached hydrogens (tertiary/aromatic N) is 1. The van der Waals surface area contributed by atoms with Gasteiger partial charge >= 0.3 is 5.97 Å². The summed E-state index contributed by atoms with van der Waals surface area (Å²) in [5, 5.41) is 18.6. The lowest BCUT2D eigenvalue weighted by atomic mass is 10.1. The van der Waals surface area contributed by atoms with Gasteiger partial charge < -0.3 is 15.1 Å². The number of β-amino-alcohol motifs (C(OH)–C–C–N with tert-alkyl or cyclic N) is 1. The van der Waals surface area contributed by atoms with Crippen LogP contribution in [0.5, 0.6) is 0 Å². The number of rotatable bonds is 2. The van der Waals surface area contributed by atoms with Crippen LogP contribution in [0, 0.1) is 9.39 Å². The van der Waals surface area contributed by atoms with Gasteiger partial charge in [-0.2, -0.15) is 0 Å². The van der Waals surface area contributed by atoms with E-state index in [1.807, 2.05) is 22.6 Å². The first-order valence-corrected chi connectivity index (χ1v) is 6.65. The van der Waals surface area contributed by atoms with Crippen LogP contribution in [0.15, 0.2) is 18.2 Å². The van der Waals surface area contributed by atoms with Crippen molar-refractivity contribution >= 4 is 34.5 Å². The van der Waals surface area contributed by atoms with Crippen molar-refractivity contribution < 1.29 is 24.2 Å². The molecule has 1 aliphatic heterocycles. The predicted octanol–water partition coefficient (Wildman–Crippen LogP) is 1.09. The first-order chi connectivity index (χ1) is 8.90. The van der Waals surface area contributed by atoms with Crippen LogP contribution in [0.1, 0.15) is 16.8 Å². The minimum atomic E-state index is -1.15. The number of carbonyl (C=O) groups is 2. The third kappa shape index (κ3) is 2.86. The monoisotopic (exact) mass is 379 g/mol. The number of likely N-dealkylation sites (tertiary alicyclic amines) is 1. The number of carboxylic acids is 1. The molecule has 1 saturated heterocycles. The summed E-state index contributed by atoms with van der Waals surface area (Å²) in [5.74, 6) is -2.12. The highest BCUT2D eigenvalue weighted by atomic mass is 127. The third-order valence-electron chi connectivity index (χ3n) is 2.99. The standard InChI is InChI=1S/C12H11FINO4/c13-6-1-2-8(9(14)3-6)11(17)15-5-7(16)4-10(15)12(18)19/h1-3,7,10,16H,4-5H2,(H,18,19)/t7?,10-/m0/s1. The van der Waals surface area contributed by atoms with Crippen molar-refractivity contribution in [1.82, 2.24) is 4.90 Å². The summed E-state index contributed by atoms with van der Waals surface area (Å²) in [7, 11) is 0. The van der Waals surface area contributed by atoms with E-state index in [0.29, 0.717) is 3.57 Å². The molecular weight excluding hydrogens is 368 g/mol. The summed E-state index contributed by atoms with van der Waals surface area (Å²) >= 11 is 1.82. The van der Waals surface area contributed by atoms with Gasteiger partial charge in [-0.15, -0.1) is 0 Å². The van der Waals surface area contributed by atoms with Crippen LogP contribution in [-0.2, 0) is 4.79 Å². The quantitative estimate of drug-likeness (QED) is 0.755. The van der Waals surface area contributed by atoms with E-state index in [-0.39, 0.29) is 18.5 Å². The number of aliphatic carboxylic acids is 1. The molecule has 0 spiro atoms. The topological polar surface area (TPSA) is 77.8 Å². The molecule has 2 atom stereocenters. The predicted molar refractivity (Wildman–Crippen MR) is 72.2 cm³/mol. The summed E-state index contributed by atoms with van der Waals surface area (Å²) in [5.41, 5.74) is 0.238. The van der Waals surface area contributed by atoms with Crippen molar-refractivity contribution in [2.75, 3.05) is 6.54 Å². The first kappa shape index (κ1) is 14.2. The van der Waals surface area contributed by atoms with Gasteiger partial charge in [-0.1, -0.05) is 0 Å². The Morgan fingerprint density at radius 2 is 2.11 bits per heavy atom. The van der Waals surface area contributed by atoms with Crippen LogP contribution >= 0.6 is 22.6 Å². The normalized spacial score (nSPS) is 22.6. The van der Waals surface area contributed by atoms with E-state index in [9.17, 15) is 19.1 Å². The molecule has 102 valence electrons. The highest BCUT2D eigenvalue weighted by Gasteiger charge is 2.39. The van der Waals surface area contributed by atoms with Gasteiger partial charge in [0.15, 0.2) is 0 Å². The molecule has 0 bridgehead atoms. The fourth-order valence-electron chi connectivity index (χ4n) is 2.09. The zero-order valence-corrected chi connectivity index (χ0v) is 11.9. The summed E-state index contributed by atoms with van der Waals surface area (Å²) < 4.78 is 13.4. The minimum Gasteiger partial charge on any atom is -0.480 e. The van der Waals surface area contributed by atoms with Gasteiger partial charge in [-0.25, -0.2) is 9.18 Å². The lowest BCUT2D eigenvalue weighted by Crippen LogP contribution is -2.40. The Hall–Kier alpha value is -1.22. The van der Waals surface area contributed by atoms with Crippen LogP contribution in [0.25, 0.3) is 0 Å². The van der Waals surface area contributed by atoms with E-state index >= 15 is 0 Å². The van der Waals surface area contributed by atoms with Crippen LogP contribution < -0.4 is 0 Å². The van der Waals surface area contributed by atoms with Gasteiger partial charge in [0.2, 0.25) is 0 Å². The second-order valence-corrected chi connectivity index (χ2v) is 5.49. The van der Waals surface area contributed by atoms with Crippen molar-refractivity contribution in [3.63, 3.8) is 0 Å². The highest BCUT2D eigenvalue weighted by molar-refractivity contribution is 14.1. The molecule has 19 heavy (non-hydrogen) atoms. The molecule has 1 unspecified atom stereocenters. The number of hydrogen-bond donors (Lipinski definition) is 2. The third-order valence-corrected chi connectivity index (χ3v) is 3.88. The second-order valence-electron chi connectivity index (χ2n) is 4.33. The molecule has 1 amide bonds. The second kappa shape index (κ2) is 5.41. The molecular formula is C12H11FINO4. The fourth-order valence-corrected chi connectivity index (χ4v) is 2.80. The van der Waals surface area contributed by atoms with Crippen molar-refractivity contribution in [1.29, 1.82) is 0 Å². The molecule has 0 saturated carbocycles. The summed E-state index contributed by atoms with van der Waals surface area (Å²) in [4.78, 5) is 24.4. The van der Waals surface area contributed by atoms with Crippen molar-refractivity contribution in [3.8, 4) is 0 Å². The number of aliphatic hydroxyl groups excluding tert-OH is 1. The number of aliphatic hydroxyl groups is 1. The van der Waals surface area contributed by atoms with E-state index in [1.54, 1.807) is 0 Å². The Kier molecular flexibility index (Phi) is 4.04. The van der Waals surface area contributed by atoms with Gasteiger partial charge in [0.05, 0.1) is 11.7 Å². The van der Waals surface area contributed by atoms with Gasteiger partial charge in [0.1, 0.15) is 11.9 Å². The zero-order chi connectivity index (χ0) is 14.2. The van der Waals surface area contributed by atoms with E-state index in [1.165, 1.54) is 12.1 Å². The average Bonchev–Trinajstić information content (AvgIpc) is 2.70. The lowest BCUT2D eigenvalue weighted by Gasteiger charge is -2.21. The molecule has 0 aliphatic carbocycles. The maximum atomic E-state index is 13.0. The first-order valence-electron chi connectivity index (χ1n) is 5.57. The Morgan fingerprint density at radius 1 is 1.42 bits per heavy atom. The molecule has 2 N–H and O–H groups in total. The van der Waals surface area contributed by atoms with E-state index in [4.69, 9.17) is 5.11 Å². The Balaban J connectivity index is 2.30. The largest absolute Gasteiger partial charge is 0.480 e. The summed E-state index contributed by atoms with van der Waals surface area (Å²) in [6.45, 7) is -0.0245. The van der Waals surface area contributed by atoms with E-state index in [2.05, 4.69) is 0 Å². The zero-order valence-electron chi connectivity index (χ0n) is 9.72. The number of halogens is 2. The highest BCUT2D eigenvalue weighted by Crippen LogP contribution is 2.23. The number of hydrogen-bond acceptors (Lipinski definition) is 3. The molecule has 1 fully saturated rings. The fraction of sp³-hybridized carbons (Fsp3) is 0.333. The summed E-state index contributed by atoms with van der Waals surface area (Å²) in [6, 6.07) is 2.64. The van der Waals surface area contributed by atoms with Gasteiger partial charge in [0, 0.05) is 16.5 Å². The van der Waals surface area contributed by atoms with Crippen LogP contribution in [-0.4, -0.2) is 45.7 Å². The van der Waals surface area contributed by atoms with Crippen molar-refractivity contribution in [2.45, 2.75) is 18.6 Å². The number of amides is 1. The van der Waals surface area contributed by atoms with E-state index < -0.39 is 29.8 Å². The maximum absolute atomic E-state index is 13.0. The minimum absolute atomic E-state index is 0.0127. The Bertz CT molecular complexity index is 536. The van der Waals surface area contributed by atoms with Crippen molar-refractivity contribution in [2.24, 2.45) is 0 Å². The number of carboxylic acid groups (broad SMARTS) is 1. The Labute approximate surface area is 122 Å². The van der Waals surface area contributed by atoms with Gasteiger partial charge in [0.25, 0.3) is 5.91 Å². The lowest BCUT2D eigenvalue weighted by molar-refractivity contribution is -0.141. The molecule has 1 heterocycles. The molecule has 2 rings (SSSR count). The SMILES string of the molecule is O=C(O)[C@@H]1CC(O)CN1C(=O)c1ccc(F)cc1I. The van der Waals surface area contributed by atoms with Gasteiger partial charge in [-0.3, -0.25) is 4.79 Å². The number of benzene rings is 1. The molecule has 1 aliphatic rings. The molecule has 0 aromatic heterocycles. The van der Waals surface area contributed by atoms with Crippen LogP contribution in [0.4, 0.5) is 4.39 Å². The number of carbonyl (C=O) groups excluding carboxylic acids is 1. The molecule has 0 radical (unpaired) electrons. The molecule has 7 heteroatoms. The molecule has 5 nitrogen and oxygen atoms in total. The van der Waals surface area contributed by atoms with Crippen LogP contribution in [0.2, 0.25) is 0 Å². The average molecular weight is 379 g/mol. The molecule has 1 aromatic rings. The van der Waals surface area contributed by atoms with Gasteiger partial charge in [-0.05, 0) is 40.8 Å². The maximum Gasteiger partial charge on any atom is 0.326 e. The smallest absolute Gasteiger partial charge is 0.326 e. The van der Waals surface area contributed by atoms with Crippen LogP contribution in [0.3, 0.4) is 0 Å².